The number of aliphatic hydroxyl groups is 1. The van der Waals surface area contributed by atoms with Gasteiger partial charge in [0.25, 0.3) is 0 Å². The molecule has 2 aromatic rings. The van der Waals surface area contributed by atoms with Gasteiger partial charge in [-0.2, -0.15) is 0 Å². The molecule has 0 aliphatic heterocycles. The third-order valence-corrected chi connectivity index (χ3v) is 2.35. The van der Waals surface area contributed by atoms with Crippen molar-refractivity contribution in [1.82, 2.24) is 4.98 Å². The van der Waals surface area contributed by atoms with E-state index in [9.17, 15) is 0 Å². The van der Waals surface area contributed by atoms with Crippen LogP contribution in [-0.4, -0.2) is 16.7 Å². The van der Waals surface area contributed by atoms with E-state index < -0.39 is 0 Å². The zero-order valence-corrected chi connectivity index (χ0v) is 7.98. The lowest BCUT2D eigenvalue weighted by Crippen LogP contribution is -1.91. The van der Waals surface area contributed by atoms with E-state index >= 15 is 0 Å². The number of nitrogens with zero attached hydrogens (tertiary/aromatic N) is 1. The number of rotatable bonds is 3. The summed E-state index contributed by atoms with van der Waals surface area (Å²) in [5.41, 5.74) is 1.22. The Labute approximate surface area is 83.2 Å². The average molecular weight is 187 g/mol. The normalized spacial score (nSPS) is 10.6. The molecule has 0 saturated heterocycles. The van der Waals surface area contributed by atoms with E-state index in [0.717, 1.165) is 12.8 Å². The van der Waals surface area contributed by atoms with Crippen molar-refractivity contribution < 1.29 is 5.11 Å². The lowest BCUT2D eigenvalue weighted by atomic mass is 10.0. The number of aliphatic hydroxyl groups excluding tert-OH is 1. The molecule has 2 nitrogen and oxygen atoms in total. The largest absolute Gasteiger partial charge is 0.396 e. The van der Waals surface area contributed by atoms with Gasteiger partial charge in [-0.1, -0.05) is 24.3 Å². The Hall–Kier alpha value is -1.41. The van der Waals surface area contributed by atoms with Gasteiger partial charge in [0, 0.05) is 24.4 Å². The van der Waals surface area contributed by atoms with Gasteiger partial charge in [-0.05, 0) is 23.8 Å². The van der Waals surface area contributed by atoms with Crippen molar-refractivity contribution >= 4 is 10.8 Å². The molecule has 72 valence electrons. The molecule has 0 atom stereocenters. The number of pyridine rings is 1. The molecule has 0 saturated carbocycles. The van der Waals surface area contributed by atoms with Gasteiger partial charge >= 0.3 is 0 Å². The second kappa shape index (κ2) is 4.20. The van der Waals surface area contributed by atoms with Gasteiger partial charge in [0.05, 0.1) is 0 Å². The summed E-state index contributed by atoms with van der Waals surface area (Å²) in [5.74, 6) is 0. The molecule has 0 spiro atoms. The molecule has 14 heavy (non-hydrogen) atoms. The molecular weight excluding hydrogens is 174 g/mol. The first-order chi connectivity index (χ1) is 6.92. The van der Waals surface area contributed by atoms with E-state index in [1.165, 1.54) is 16.3 Å². The number of hydrogen-bond donors (Lipinski definition) is 1. The van der Waals surface area contributed by atoms with Crippen molar-refractivity contribution in [2.24, 2.45) is 0 Å². The Bertz CT molecular complexity index is 420. The highest BCUT2D eigenvalue weighted by atomic mass is 16.2. The van der Waals surface area contributed by atoms with Crippen molar-refractivity contribution in [3.8, 4) is 0 Å². The van der Waals surface area contributed by atoms with Crippen LogP contribution in [0, 0.1) is 0 Å². The van der Waals surface area contributed by atoms with E-state index in [4.69, 9.17) is 5.11 Å². The molecule has 1 aromatic heterocycles. The number of hydrogen-bond acceptors (Lipinski definition) is 2. The minimum absolute atomic E-state index is 0.239. The second-order valence-electron chi connectivity index (χ2n) is 3.35. The number of aryl methyl sites for hydroxylation is 1. The van der Waals surface area contributed by atoms with Crippen molar-refractivity contribution in [1.29, 1.82) is 0 Å². The molecule has 1 heterocycles. The van der Waals surface area contributed by atoms with E-state index in [2.05, 4.69) is 17.1 Å². The Kier molecular flexibility index (Phi) is 2.75. The number of benzene rings is 1. The van der Waals surface area contributed by atoms with Gasteiger partial charge in [0.1, 0.15) is 0 Å². The maximum absolute atomic E-state index is 8.78. The summed E-state index contributed by atoms with van der Waals surface area (Å²) in [4.78, 5) is 4.18. The molecule has 0 aliphatic rings. The van der Waals surface area contributed by atoms with Gasteiger partial charge in [-0.25, -0.2) is 0 Å². The molecule has 0 fully saturated rings. The van der Waals surface area contributed by atoms with Gasteiger partial charge in [0.15, 0.2) is 0 Å². The minimum Gasteiger partial charge on any atom is -0.396 e. The Morgan fingerprint density at radius 1 is 1.14 bits per heavy atom. The molecule has 0 radical (unpaired) electrons. The first-order valence-electron chi connectivity index (χ1n) is 4.84. The first kappa shape index (κ1) is 9.16. The Morgan fingerprint density at radius 3 is 2.86 bits per heavy atom. The van der Waals surface area contributed by atoms with Crippen molar-refractivity contribution in [2.45, 2.75) is 12.8 Å². The van der Waals surface area contributed by atoms with E-state index in [0.29, 0.717) is 0 Å². The summed E-state index contributed by atoms with van der Waals surface area (Å²) in [7, 11) is 0. The molecule has 0 unspecified atom stereocenters. The maximum Gasteiger partial charge on any atom is 0.0434 e. The van der Waals surface area contributed by atoms with Crippen LogP contribution in [0.2, 0.25) is 0 Å². The average Bonchev–Trinajstić information content (AvgIpc) is 2.26. The highest BCUT2D eigenvalue weighted by molar-refractivity contribution is 5.84. The van der Waals surface area contributed by atoms with Crippen LogP contribution < -0.4 is 0 Å². The van der Waals surface area contributed by atoms with Gasteiger partial charge in [-0.3, -0.25) is 4.98 Å². The summed E-state index contributed by atoms with van der Waals surface area (Å²) in [5, 5.41) is 11.2. The highest BCUT2D eigenvalue weighted by Gasteiger charge is 1.99. The van der Waals surface area contributed by atoms with Gasteiger partial charge < -0.3 is 5.11 Å². The van der Waals surface area contributed by atoms with Crippen LogP contribution in [0.15, 0.2) is 36.7 Å². The molecule has 2 heteroatoms. The van der Waals surface area contributed by atoms with E-state index in [-0.39, 0.29) is 6.61 Å². The fraction of sp³-hybridized carbons (Fsp3) is 0.250. The van der Waals surface area contributed by atoms with Crippen molar-refractivity contribution in [2.75, 3.05) is 6.61 Å². The molecule has 0 bridgehead atoms. The summed E-state index contributed by atoms with van der Waals surface area (Å²) >= 11 is 0. The molecular formula is C12H13NO. The molecule has 2 rings (SSSR count). The van der Waals surface area contributed by atoms with Crippen LogP contribution in [0.5, 0.6) is 0 Å². The topological polar surface area (TPSA) is 33.1 Å². The zero-order valence-electron chi connectivity index (χ0n) is 7.98. The minimum atomic E-state index is 0.239. The maximum atomic E-state index is 8.78. The second-order valence-corrected chi connectivity index (χ2v) is 3.35. The summed E-state index contributed by atoms with van der Waals surface area (Å²) < 4.78 is 0. The zero-order chi connectivity index (χ0) is 9.80. The summed E-state index contributed by atoms with van der Waals surface area (Å²) in [6.45, 7) is 0.239. The summed E-state index contributed by atoms with van der Waals surface area (Å²) in [6.07, 6.45) is 5.45. The standard InChI is InChI=1S/C12H13NO/c14-7-3-5-11-9-13-8-10-4-1-2-6-12(10)11/h1-2,4,6,8-9,14H,3,5,7H2. The fourth-order valence-electron chi connectivity index (χ4n) is 1.65. The van der Waals surface area contributed by atoms with Crippen LogP contribution >= 0.6 is 0 Å². The number of aromatic nitrogens is 1. The first-order valence-corrected chi connectivity index (χ1v) is 4.84. The van der Waals surface area contributed by atoms with Crippen LogP contribution in [0.1, 0.15) is 12.0 Å². The predicted molar refractivity (Wildman–Crippen MR) is 57.1 cm³/mol. The monoisotopic (exact) mass is 187 g/mol. The summed E-state index contributed by atoms with van der Waals surface area (Å²) in [6, 6.07) is 8.21. The van der Waals surface area contributed by atoms with Gasteiger partial charge in [-0.15, -0.1) is 0 Å². The third-order valence-electron chi connectivity index (χ3n) is 2.35. The van der Waals surface area contributed by atoms with Crippen LogP contribution in [0.3, 0.4) is 0 Å². The van der Waals surface area contributed by atoms with Crippen molar-refractivity contribution in [3.05, 3.63) is 42.2 Å². The van der Waals surface area contributed by atoms with E-state index in [1.807, 2.05) is 24.5 Å². The third kappa shape index (κ3) is 1.75. The fourth-order valence-corrected chi connectivity index (χ4v) is 1.65. The van der Waals surface area contributed by atoms with Crippen LogP contribution in [-0.2, 0) is 6.42 Å². The lowest BCUT2D eigenvalue weighted by Gasteiger charge is -2.04. The molecule has 1 aromatic carbocycles. The quantitative estimate of drug-likeness (QED) is 0.798. The smallest absolute Gasteiger partial charge is 0.0434 e. The van der Waals surface area contributed by atoms with E-state index in [1.54, 1.807) is 0 Å². The lowest BCUT2D eigenvalue weighted by molar-refractivity contribution is 0.288. The number of fused-ring (bicyclic) bond motifs is 1. The highest BCUT2D eigenvalue weighted by Crippen LogP contribution is 2.17. The van der Waals surface area contributed by atoms with Crippen LogP contribution in [0.4, 0.5) is 0 Å². The molecule has 1 N–H and O–H groups in total. The van der Waals surface area contributed by atoms with Crippen molar-refractivity contribution in [3.63, 3.8) is 0 Å². The SMILES string of the molecule is OCCCc1cncc2ccccc12. The molecule has 0 aliphatic carbocycles. The predicted octanol–water partition coefficient (Wildman–Crippen LogP) is 2.16. The van der Waals surface area contributed by atoms with Gasteiger partial charge in [0.2, 0.25) is 0 Å². The molecule has 0 amide bonds. The Balaban J connectivity index is 2.43. The van der Waals surface area contributed by atoms with Crippen LogP contribution in [0.25, 0.3) is 10.8 Å². The Morgan fingerprint density at radius 2 is 2.00 bits per heavy atom.